The first-order chi connectivity index (χ1) is 14.9. The quantitative estimate of drug-likeness (QED) is 0.455. The van der Waals surface area contributed by atoms with Crippen molar-refractivity contribution in [1.82, 2.24) is 14.9 Å². The van der Waals surface area contributed by atoms with Crippen LogP contribution >= 0.6 is 23.2 Å². The van der Waals surface area contributed by atoms with Crippen molar-refractivity contribution >= 4 is 46.6 Å². The van der Waals surface area contributed by atoms with Crippen LogP contribution in [0.1, 0.15) is 40.5 Å². The summed E-state index contributed by atoms with van der Waals surface area (Å²) in [7, 11) is 0. The molecule has 0 radical (unpaired) electrons. The van der Waals surface area contributed by atoms with Crippen LogP contribution in [0.4, 0.5) is 21.8 Å². The summed E-state index contributed by atoms with van der Waals surface area (Å²) in [5, 5.41) is 16.1. The van der Waals surface area contributed by atoms with Crippen LogP contribution in [-0.2, 0) is 4.79 Å². The lowest BCUT2D eigenvalue weighted by atomic mass is 9.77. The highest BCUT2D eigenvalue weighted by Gasteiger charge is 2.44. The average Bonchev–Trinajstić information content (AvgIpc) is 2.61. The fourth-order valence-electron chi connectivity index (χ4n) is 4.42. The van der Waals surface area contributed by atoms with E-state index in [0.29, 0.717) is 28.6 Å². The van der Waals surface area contributed by atoms with Gasteiger partial charge in [0.05, 0.1) is 6.20 Å². The van der Waals surface area contributed by atoms with Crippen LogP contribution in [0, 0.1) is 5.82 Å². The maximum atomic E-state index is 14.5. The zero-order chi connectivity index (χ0) is 23.7. The van der Waals surface area contributed by atoms with Crippen molar-refractivity contribution in [2.45, 2.75) is 57.7 Å². The first kappa shape index (κ1) is 24.1. The predicted molar refractivity (Wildman–Crippen MR) is 125 cm³/mol. The summed E-state index contributed by atoms with van der Waals surface area (Å²) in [5.74, 6) is -1.28. The topological polar surface area (TPSA) is 90.4 Å². The molecular weight excluding hydrogens is 456 g/mol. The number of hydrogen-bond acceptors (Lipinski definition) is 6. The largest absolute Gasteiger partial charge is 0.478 e. The van der Waals surface area contributed by atoms with E-state index in [1.54, 1.807) is 24.4 Å². The van der Waals surface area contributed by atoms with E-state index in [-0.39, 0.29) is 28.9 Å². The molecule has 10 heteroatoms. The Hall–Kier alpha value is -2.58. The Bertz CT molecular complexity index is 1010. The van der Waals surface area contributed by atoms with Gasteiger partial charge >= 0.3 is 5.97 Å². The molecule has 1 saturated heterocycles. The van der Waals surface area contributed by atoms with E-state index < -0.39 is 11.8 Å². The molecule has 32 heavy (non-hydrogen) atoms. The lowest BCUT2D eigenvalue weighted by Gasteiger charge is -2.55. The second-order valence-electron chi connectivity index (χ2n) is 9.07. The first-order valence-electron chi connectivity index (χ1n) is 10.1. The second-order valence-corrected chi connectivity index (χ2v) is 9.94. The Morgan fingerprint density at radius 1 is 1.19 bits per heavy atom. The van der Waals surface area contributed by atoms with Crippen LogP contribution in [0.3, 0.4) is 0 Å². The maximum absolute atomic E-state index is 14.5. The van der Waals surface area contributed by atoms with Crippen LogP contribution in [0.2, 0.25) is 10.0 Å². The van der Waals surface area contributed by atoms with E-state index in [1.165, 1.54) is 0 Å². The van der Waals surface area contributed by atoms with Gasteiger partial charge in [-0.15, -0.1) is 0 Å². The Morgan fingerprint density at radius 2 is 1.78 bits per heavy atom. The maximum Gasteiger partial charge on any atom is 0.329 e. The van der Waals surface area contributed by atoms with Crippen LogP contribution in [-0.4, -0.2) is 43.1 Å². The minimum atomic E-state index is -0.999. The number of aliphatic carboxylic acids is 1. The van der Waals surface area contributed by atoms with Crippen LogP contribution in [0.15, 0.2) is 36.7 Å². The molecule has 2 aromatic rings. The van der Waals surface area contributed by atoms with Crippen molar-refractivity contribution in [2.24, 2.45) is 0 Å². The molecule has 1 aliphatic heterocycles. The predicted octanol–water partition coefficient (Wildman–Crippen LogP) is 5.70. The Balaban J connectivity index is 1.80. The number of halogens is 3. The van der Waals surface area contributed by atoms with Gasteiger partial charge in [-0.05, 0) is 58.7 Å². The van der Waals surface area contributed by atoms with Crippen LogP contribution in [0.5, 0.6) is 0 Å². The van der Waals surface area contributed by atoms with Crippen molar-refractivity contribution in [1.29, 1.82) is 0 Å². The summed E-state index contributed by atoms with van der Waals surface area (Å²) >= 11 is 12.1. The summed E-state index contributed by atoms with van der Waals surface area (Å²) < 4.78 is 14.5. The molecule has 0 aliphatic carbocycles. The average molecular weight is 482 g/mol. The zero-order valence-corrected chi connectivity index (χ0v) is 19.8. The molecule has 1 aliphatic rings. The van der Waals surface area contributed by atoms with E-state index in [0.717, 1.165) is 12.3 Å². The number of benzene rings is 1. The first-order valence-corrected chi connectivity index (χ1v) is 10.8. The molecule has 7 nitrogen and oxygen atoms in total. The van der Waals surface area contributed by atoms with Crippen molar-refractivity contribution in [3.05, 3.63) is 52.5 Å². The number of rotatable bonds is 6. The van der Waals surface area contributed by atoms with E-state index in [2.05, 4.69) is 20.6 Å². The number of anilines is 3. The fraction of sp³-hybridized carbons (Fsp3) is 0.409. The number of hydrogen-bond donors (Lipinski definition) is 3. The molecule has 0 amide bonds. The molecule has 3 N–H and O–H groups in total. The number of carboxylic acids is 1. The summed E-state index contributed by atoms with van der Waals surface area (Å²) in [5.41, 5.74) is -0.151. The molecule has 172 valence electrons. The summed E-state index contributed by atoms with van der Waals surface area (Å²) in [4.78, 5) is 21.3. The van der Waals surface area contributed by atoms with E-state index in [1.807, 2.05) is 32.6 Å². The number of nitrogens with one attached hydrogen (secondary N) is 2. The van der Waals surface area contributed by atoms with Gasteiger partial charge in [0.1, 0.15) is 0 Å². The molecule has 0 spiro atoms. The van der Waals surface area contributed by atoms with E-state index in [9.17, 15) is 9.18 Å². The molecule has 0 atom stereocenters. The molecule has 0 saturated carbocycles. The highest BCUT2D eigenvalue weighted by Crippen LogP contribution is 2.40. The molecule has 3 rings (SSSR count). The van der Waals surface area contributed by atoms with Gasteiger partial charge in [-0.2, -0.15) is 4.98 Å². The fourth-order valence-corrected chi connectivity index (χ4v) is 4.94. The molecule has 0 unspecified atom stereocenters. The van der Waals surface area contributed by atoms with Gasteiger partial charge in [-0.25, -0.2) is 14.2 Å². The molecule has 1 aromatic heterocycles. The number of aromatic nitrogens is 2. The molecular formula is C22H26Cl2FN5O2. The molecule has 2 heterocycles. The van der Waals surface area contributed by atoms with Gasteiger partial charge in [0, 0.05) is 45.1 Å². The third-order valence-corrected chi connectivity index (χ3v) is 5.80. The molecule has 1 aromatic carbocycles. The summed E-state index contributed by atoms with van der Waals surface area (Å²) in [6.45, 7) is 8.12. The minimum absolute atomic E-state index is 0.0850. The van der Waals surface area contributed by atoms with Gasteiger partial charge in [0.2, 0.25) is 5.95 Å². The highest BCUT2D eigenvalue weighted by molar-refractivity contribution is 6.35. The highest BCUT2D eigenvalue weighted by atomic mass is 35.5. The van der Waals surface area contributed by atoms with E-state index in [4.69, 9.17) is 28.3 Å². The van der Waals surface area contributed by atoms with Gasteiger partial charge in [-0.3, -0.25) is 0 Å². The number of carbonyl (C=O) groups is 1. The van der Waals surface area contributed by atoms with Gasteiger partial charge < -0.3 is 20.6 Å². The smallest absolute Gasteiger partial charge is 0.329 e. The van der Waals surface area contributed by atoms with Gasteiger partial charge in [0.15, 0.2) is 11.6 Å². The van der Waals surface area contributed by atoms with E-state index >= 15 is 0 Å². The Labute approximate surface area is 196 Å². The normalized spacial score (nSPS) is 18.0. The van der Waals surface area contributed by atoms with Crippen LogP contribution < -0.4 is 10.6 Å². The third kappa shape index (κ3) is 5.81. The second kappa shape index (κ2) is 9.11. The minimum Gasteiger partial charge on any atom is -0.478 e. The molecule has 1 fully saturated rings. The van der Waals surface area contributed by atoms with Gasteiger partial charge in [0.25, 0.3) is 0 Å². The molecule has 0 bridgehead atoms. The Kier molecular flexibility index (Phi) is 6.86. The number of likely N-dealkylation sites (tertiary alicyclic amines) is 1. The van der Waals surface area contributed by atoms with Crippen molar-refractivity contribution in [2.75, 3.05) is 10.6 Å². The lowest BCUT2D eigenvalue weighted by molar-refractivity contribution is -0.131. The number of piperidine rings is 1. The third-order valence-electron chi connectivity index (χ3n) is 5.37. The lowest BCUT2D eigenvalue weighted by Crippen LogP contribution is -2.60. The van der Waals surface area contributed by atoms with Gasteiger partial charge in [-0.1, -0.05) is 23.2 Å². The number of nitrogens with zero attached hydrogens (tertiary/aromatic N) is 3. The SMILES string of the molecule is CC1(C)CC(Nc2nc(Nc3cc(Cl)cc(Cl)c3)ncc2F)CC(C)(C)N1C=CC(=O)O. The zero-order valence-electron chi connectivity index (χ0n) is 18.3. The number of carboxylic acid groups (broad SMARTS) is 1. The standard InChI is InChI=1S/C22H26Cl2FN5O2/c1-21(2)10-16(11-22(3,4)30(21)6-5-18(31)32)27-19-17(25)12-26-20(29-19)28-15-8-13(23)7-14(24)9-15/h5-9,12,16H,10-11H2,1-4H3,(H,31,32)(H2,26,27,28,29). The van der Waals surface area contributed by atoms with Crippen molar-refractivity contribution in [3.63, 3.8) is 0 Å². The Morgan fingerprint density at radius 3 is 2.34 bits per heavy atom. The van der Waals surface area contributed by atoms with Crippen molar-refractivity contribution < 1.29 is 14.3 Å². The summed E-state index contributed by atoms with van der Waals surface area (Å²) in [6, 6.07) is 4.85. The van der Waals surface area contributed by atoms with Crippen molar-refractivity contribution in [3.8, 4) is 0 Å². The monoisotopic (exact) mass is 481 g/mol. The summed E-state index contributed by atoms with van der Waals surface area (Å²) in [6.07, 6.45) is 5.15. The van der Waals surface area contributed by atoms with Crippen LogP contribution in [0.25, 0.3) is 0 Å².